The minimum absolute atomic E-state index is 0.138. The van der Waals surface area contributed by atoms with Crippen molar-refractivity contribution >= 4 is 49.5 Å². The third-order valence-corrected chi connectivity index (χ3v) is 7.48. The van der Waals surface area contributed by atoms with Crippen molar-refractivity contribution in [2.75, 3.05) is 6.61 Å². The van der Waals surface area contributed by atoms with Crippen LogP contribution in [-0.4, -0.2) is 66.9 Å². The SMILES string of the molecule is O=C1NCc2c1c1c3ccccc3[nH]c1c1c2c2ccccc2n1[C@@H]1O[C@H](CO)[C@@H](O)[C@H](O)[C@H]1O. The van der Waals surface area contributed by atoms with Gasteiger partial charge in [-0.3, -0.25) is 4.79 Å². The summed E-state index contributed by atoms with van der Waals surface area (Å²) >= 11 is 0. The smallest absolute Gasteiger partial charge is 0.252 e. The van der Waals surface area contributed by atoms with E-state index in [-0.39, 0.29) is 5.91 Å². The molecule has 3 aromatic carbocycles. The van der Waals surface area contributed by atoms with E-state index in [2.05, 4.69) is 10.3 Å². The minimum atomic E-state index is -1.52. The number of hydrogen-bond acceptors (Lipinski definition) is 6. The molecule has 4 heterocycles. The summed E-state index contributed by atoms with van der Waals surface area (Å²) in [5, 5.41) is 48.1. The lowest BCUT2D eigenvalue weighted by Crippen LogP contribution is -2.56. The molecule has 1 saturated heterocycles. The predicted molar refractivity (Wildman–Crippen MR) is 129 cm³/mol. The maximum Gasteiger partial charge on any atom is 0.252 e. The van der Waals surface area contributed by atoms with Crippen LogP contribution in [0.1, 0.15) is 22.1 Å². The highest BCUT2D eigenvalue weighted by atomic mass is 16.6. The third-order valence-electron chi connectivity index (χ3n) is 7.48. The van der Waals surface area contributed by atoms with Crippen molar-refractivity contribution in [2.45, 2.75) is 37.2 Å². The van der Waals surface area contributed by atoms with Crippen molar-refractivity contribution < 1.29 is 30.0 Å². The monoisotopic (exact) mass is 473 g/mol. The van der Waals surface area contributed by atoms with E-state index in [1.807, 2.05) is 53.1 Å². The van der Waals surface area contributed by atoms with E-state index in [4.69, 9.17) is 4.74 Å². The predicted octanol–water partition coefficient (Wildman–Crippen LogP) is 1.64. The first-order valence-electron chi connectivity index (χ1n) is 11.6. The van der Waals surface area contributed by atoms with Crippen molar-refractivity contribution in [3.05, 3.63) is 59.7 Å². The molecule has 9 heteroatoms. The molecule has 2 aromatic heterocycles. The van der Waals surface area contributed by atoms with Crippen LogP contribution in [0.5, 0.6) is 0 Å². The lowest BCUT2D eigenvalue weighted by Gasteiger charge is -2.41. The van der Waals surface area contributed by atoms with Gasteiger partial charge in [0.1, 0.15) is 24.4 Å². The van der Waals surface area contributed by atoms with Gasteiger partial charge >= 0.3 is 0 Å². The zero-order valence-electron chi connectivity index (χ0n) is 18.5. The Morgan fingerprint density at radius 3 is 2.49 bits per heavy atom. The molecule has 1 fully saturated rings. The highest BCUT2D eigenvalue weighted by Crippen LogP contribution is 2.45. The highest BCUT2D eigenvalue weighted by Gasteiger charge is 2.45. The van der Waals surface area contributed by atoms with Crippen LogP contribution in [0.2, 0.25) is 0 Å². The summed E-state index contributed by atoms with van der Waals surface area (Å²) in [6, 6.07) is 15.4. The van der Waals surface area contributed by atoms with Gasteiger partial charge in [0.2, 0.25) is 0 Å². The lowest BCUT2D eigenvalue weighted by atomic mass is 9.96. The highest BCUT2D eigenvalue weighted by molar-refractivity contribution is 6.30. The van der Waals surface area contributed by atoms with Crippen LogP contribution in [0.4, 0.5) is 0 Å². The standard InChI is InChI=1S/C26H23N3O6/c30-10-16-22(31)23(32)24(33)26(35-16)29-15-8-4-2-6-12(15)17-13-9-27-25(34)19(13)18-11-5-1-3-7-14(11)28-20(18)21(17)29/h1-8,16,22-24,26,28,30-33H,9-10H2,(H,27,34)/t16-,22-,23+,24-,26-/m1/s1. The van der Waals surface area contributed by atoms with Gasteiger partial charge in [-0.2, -0.15) is 0 Å². The summed E-state index contributed by atoms with van der Waals surface area (Å²) < 4.78 is 7.82. The van der Waals surface area contributed by atoms with E-state index < -0.39 is 37.3 Å². The quantitative estimate of drug-likeness (QED) is 0.230. The molecule has 0 saturated carbocycles. The Labute approximate surface area is 198 Å². The summed E-state index contributed by atoms with van der Waals surface area (Å²) in [5.74, 6) is -0.138. The number of ether oxygens (including phenoxy) is 1. The van der Waals surface area contributed by atoms with E-state index in [1.54, 1.807) is 0 Å². The van der Waals surface area contributed by atoms with E-state index >= 15 is 0 Å². The van der Waals surface area contributed by atoms with E-state index in [0.29, 0.717) is 17.6 Å². The van der Waals surface area contributed by atoms with Gasteiger partial charge in [-0.05, 0) is 17.7 Å². The number of aromatic amines is 1. The summed E-state index contributed by atoms with van der Waals surface area (Å²) in [4.78, 5) is 16.5. The fourth-order valence-corrected chi connectivity index (χ4v) is 5.91. The Morgan fingerprint density at radius 1 is 0.943 bits per heavy atom. The number of aromatic nitrogens is 2. The second-order valence-corrected chi connectivity index (χ2v) is 9.29. The molecule has 2 aliphatic heterocycles. The molecule has 5 aromatic rings. The molecule has 6 N–H and O–H groups in total. The molecular formula is C26H23N3O6. The fraction of sp³-hybridized carbons (Fsp3) is 0.269. The Kier molecular flexibility index (Phi) is 4.33. The number of benzene rings is 3. The molecule has 0 unspecified atom stereocenters. The van der Waals surface area contributed by atoms with Gasteiger partial charge in [-0.25, -0.2) is 0 Å². The second kappa shape index (κ2) is 7.27. The number of fused-ring (bicyclic) bond motifs is 10. The van der Waals surface area contributed by atoms with Gasteiger partial charge in [-0.1, -0.05) is 36.4 Å². The summed E-state index contributed by atoms with van der Waals surface area (Å²) in [6.07, 6.45) is -6.58. The van der Waals surface area contributed by atoms with E-state index in [1.165, 1.54) is 0 Å². The molecule has 178 valence electrons. The van der Waals surface area contributed by atoms with Crippen LogP contribution in [0, 0.1) is 0 Å². The number of para-hydroxylation sites is 2. The average Bonchev–Trinajstić information content (AvgIpc) is 3.54. The van der Waals surface area contributed by atoms with Crippen molar-refractivity contribution in [1.29, 1.82) is 0 Å². The number of nitrogens with zero attached hydrogens (tertiary/aromatic N) is 1. The molecule has 2 aliphatic rings. The van der Waals surface area contributed by atoms with Crippen LogP contribution in [-0.2, 0) is 11.3 Å². The normalized spacial score (nSPS) is 26.7. The van der Waals surface area contributed by atoms with Gasteiger partial charge < -0.3 is 40.0 Å². The summed E-state index contributed by atoms with van der Waals surface area (Å²) in [7, 11) is 0. The number of carbonyl (C=O) groups excluding carboxylic acids is 1. The maximum absolute atomic E-state index is 13.0. The molecule has 0 radical (unpaired) electrons. The fourth-order valence-electron chi connectivity index (χ4n) is 5.91. The second-order valence-electron chi connectivity index (χ2n) is 9.29. The molecule has 0 aliphatic carbocycles. The van der Waals surface area contributed by atoms with Crippen molar-refractivity contribution in [3.8, 4) is 0 Å². The minimum Gasteiger partial charge on any atom is -0.394 e. The first-order chi connectivity index (χ1) is 17.0. The lowest BCUT2D eigenvalue weighted by molar-refractivity contribution is -0.249. The van der Waals surface area contributed by atoms with Gasteiger partial charge in [-0.15, -0.1) is 0 Å². The number of aliphatic hydroxyl groups is 4. The number of amides is 1. The number of H-pyrrole nitrogens is 1. The van der Waals surface area contributed by atoms with Gasteiger partial charge in [0.05, 0.1) is 28.7 Å². The van der Waals surface area contributed by atoms with Crippen molar-refractivity contribution in [1.82, 2.24) is 14.9 Å². The van der Waals surface area contributed by atoms with Gasteiger partial charge in [0, 0.05) is 33.6 Å². The number of nitrogens with one attached hydrogen (secondary N) is 2. The van der Waals surface area contributed by atoms with Crippen molar-refractivity contribution in [2.24, 2.45) is 0 Å². The molecule has 0 spiro atoms. The van der Waals surface area contributed by atoms with E-state index in [9.17, 15) is 25.2 Å². The molecule has 5 atom stereocenters. The number of hydrogen-bond donors (Lipinski definition) is 6. The molecule has 1 amide bonds. The number of rotatable bonds is 2. The molecule has 7 rings (SSSR count). The zero-order valence-corrected chi connectivity index (χ0v) is 18.5. The molecule has 9 nitrogen and oxygen atoms in total. The summed E-state index contributed by atoms with van der Waals surface area (Å²) in [6.45, 7) is -0.156. The van der Waals surface area contributed by atoms with Gasteiger partial charge in [0.25, 0.3) is 5.91 Å². The molecule has 0 bridgehead atoms. The van der Waals surface area contributed by atoms with Crippen LogP contribution < -0.4 is 5.32 Å². The van der Waals surface area contributed by atoms with Crippen LogP contribution in [0.25, 0.3) is 43.6 Å². The molecule has 35 heavy (non-hydrogen) atoms. The number of aliphatic hydroxyl groups excluding tert-OH is 4. The Bertz CT molecular complexity index is 1670. The summed E-state index contributed by atoms with van der Waals surface area (Å²) in [5.41, 5.74) is 4.52. The number of carbonyl (C=O) groups is 1. The Hall–Kier alpha value is -3.47. The molecular weight excluding hydrogens is 450 g/mol. The van der Waals surface area contributed by atoms with Crippen LogP contribution in [0.3, 0.4) is 0 Å². The Morgan fingerprint density at radius 2 is 1.69 bits per heavy atom. The maximum atomic E-state index is 13.0. The zero-order chi connectivity index (χ0) is 24.0. The topological polar surface area (TPSA) is 140 Å². The van der Waals surface area contributed by atoms with Crippen LogP contribution >= 0.6 is 0 Å². The van der Waals surface area contributed by atoms with E-state index in [0.717, 1.165) is 43.7 Å². The van der Waals surface area contributed by atoms with Gasteiger partial charge in [0.15, 0.2) is 6.23 Å². The first kappa shape index (κ1) is 20.9. The first-order valence-corrected chi connectivity index (χ1v) is 11.6. The Balaban J connectivity index is 1.68. The third kappa shape index (κ3) is 2.61. The van der Waals surface area contributed by atoms with Crippen LogP contribution in [0.15, 0.2) is 48.5 Å². The average molecular weight is 473 g/mol. The van der Waals surface area contributed by atoms with Crippen molar-refractivity contribution in [3.63, 3.8) is 0 Å². The largest absolute Gasteiger partial charge is 0.394 e.